The highest BCUT2D eigenvalue weighted by atomic mass is 35.5. The molecule has 0 spiro atoms. The van der Waals surface area contributed by atoms with E-state index in [0.717, 1.165) is 29.7 Å². The summed E-state index contributed by atoms with van der Waals surface area (Å²) in [7, 11) is 0. The molecule has 3 nitrogen and oxygen atoms in total. The lowest BCUT2D eigenvalue weighted by molar-refractivity contribution is 0.0295. The van der Waals surface area contributed by atoms with E-state index in [-0.39, 0.29) is 23.8 Å². The zero-order chi connectivity index (χ0) is 16.1. The average Bonchev–Trinajstić information content (AvgIpc) is 2.89. The van der Waals surface area contributed by atoms with Crippen molar-refractivity contribution in [3.05, 3.63) is 52.1 Å². The van der Waals surface area contributed by atoms with Gasteiger partial charge in [0.2, 0.25) is 0 Å². The van der Waals surface area contributed by atoms with Crippen molar-refractivity contribution < 1.29 is 13.9 Å². The zero-order valence-electron chi connectivity index (χ0n) is 12.6. The number of benzene rings is 1. The Morgan fingerprint density at radius 3 is 2.87 bits per heavy atom. The number of Topliss-reactive ketones (excluding diaryl/α,β-unsaturated/α-hetero) is 1. The lowest BCUT2D eigenvalue weighted by Crippen LogP contribution is -2.21. The van der Waals surface area contributed by atoms with E-state index in [1.165, 1.54) is 13.0 Å². The van der Waals surface area contributed by atoms with E-state index in [9.17, 15) is 9.18 Å². The minimum atomic E-state index is -0.390. The summed E-state index contributed by atoms with van der Waals surface area (Å²) in [4.78, 5) is 16.3. The number of ether oxygens (including phenoxy) is 1. The molecule has 2 aliphatic rings. The van der Waals surface area contributed by atoms with Crippen molar-refractivity contribution >= 4 is 17.4 Å². The van der Waals surface area contributed by atoms with E-state index in [1.54, 1.807) is 18.2 Å². The molecule has 0 N–H and O–H groups in total. The van der Waals surface area contributed by atoms with Crippen LogP contribution >= 0.6 is 11.6 Å². The molecule has 2 bridgehead atoms. The van der Waals surface area contributed by atoms with Gasteiger partial charge in [0.15, 0.2) is 5.78 Å². The van der Waals surface area contributed by atoms with Crippen LogP contribution in [0.3, 0.4) is 0 Å². The zero-order valence-corrected chi connectivity index (χ0v) is 13.4. The van der Waals surface area contributed by atoms with Gasteiger partial charge < -0.3 is 4.74 Å². The molecular formula is C18H15ClFNO2. The number of nitrogens with zero attached hydrogens (tertiary/aromatic N) is 1. The van der Waals surface area contributed by atoms with Crippen LogP contribution in [0.2, 0.25) is 5.02 Å². The number of pyridine rings is 1. The van der Waals surface area contributed by atoms with Gasteiger partial charge in [0.1, 0.15) is 17.6 Å². The third-order valence-corrected chi connectivity index (χ3v) is 4.82. The Bertz CT molecular complexity index is 821. The quantitative estimate of drug-likeness (QED) is 0.759. The molecule has 0 aliphatic carbocycles. The molecule has 118 valence electrons. The predicted octanol–water partition coefficient (Wildman–Crippen LogP) is 4.52. The number of hydrogen-bond acceptors (Lipinski definition) is 3. The van der Waals surface area contributed by atoms with Gasteiger partial charge in [-0.25, -0.2) is 9.37 Å². The van der Waals surface area contributed by atoms with Crippen LogP contribution in [0, 0.1) is 5.82 Å². The maximum absolute atomic E-state index is 14.4. The van der Waals surface area contributed by atoms with Gasteiger partial charge in [-0.15, -0.1) is 0 Å². The maximum Gasteiger partial charge on any atom is 0.178 e. The van der Waals surface area contributed by atoms with Crippen LogP contribution in [0.25, 0.3) is 11.1 Å². The average molecular weight is 332 g/mol. The van der Waals surface area contributed by atoms with Crippen LogP contribution in [0.1, 0.15) is 47.6 Å². The summed E-state index contributed by atoms with van der Waals surface area (Å²) in [6.45, 7) is 1.47. The first kappa shape index (κ1) is 14.8. The Balaban J connectivity index is 1.97. The summed E-state index contributed by atoms with van der Waals surface area (Å²) >= 11 is 5.86. The Labute approximate surface area is 138 Å². The molecule has 1 saturated heterocycles. The largest absolute Gasteiger partial charge is 0.368 e. The van der Waals surface area contributed by atoms with Crippen molar-refractivity contribution in [3.8, 4) is 11.1 Å². The van der Waals surface area contributed by atoms with Gasteiger partial charge in [-0.2, -0.15) is 0 Å². The minimum Gasteiger partial charge on any atom is -0.368 e. The number of rotatable bonds is 2. The number of carbonyl (C=O) groups is 1. The molecular weight excluding hydrogens is 317 g/mol. The molecule has 0 radical (unpaired) electrons. The second-order valence-corrected chi connectivity index (χ2v) is 6.56. The van der Waals surface area contributed by atoms with Crippen molar-refractivity contribution in [1.82, 2.24) is 4.98 Å². The number of aromatic nitrogens is 1. The van der Waals surface area contributed by atoms with E-state index in [0.29, 0.717) is 22.7 Å². The molecule has 0 saturated carbocycles. The Kier molecular flexibility index (Phi) is 3.47. The van der Waals surface area contributed by atoms with Crippen LogP contribution in [-0.4, -0.2) is 16.9 Å². The molecule has 1 aromatic heterocycles. The van der Waals surface area contributed by atoms with Gasteiger partial charge in [0.05, 0.1) is 11.8 Å². The summed E-state index contributed by atoms with van der Waals surface area (Å²) in [6, 6.07) is 6.31. The highest BCUT2D eigenvalue weighted by Crippen LogP contribution is 2.44. The van der Waals surface area contributed by atoms with E-state index in [1.807, 2.05) is 0 Å². The monoisotopic (exact) mass is 331 g/mol. The smallest absolute Gasteiger partial charge is 0.178 e. The first-order chi connectivity index (χ1) is 11.0. The fraction of sp³-hybridized carbons (Fsp3) is 0.333. The lowest BCUT2D eigenvalue weighted by atomic mass is 9.92. The summed E-state index contributed by atoms with van der Waals surface area (Å²) in [5.74, 6) is -0.525. The molecule has 5 heteroatoms. The summed E-state index contributed by atoms with van der Waals surface area (Å²) in [6.07, 6.45) is 2.64. The van der Waals surface area contributed by atoms with E-state index in [4.69, 9.17) is 16.3 Å². The SMILES string of the molecule is CC(=O)c1cc(-c2ccc(Cl)cc2F)c2c(n1)[C@H]1CC[C@@H](C2)O1. The molecule has 1 fully saturated rings. The van der Waals surface area contributed by atoms with E-state index < -0.39 is 0 Å². The molecule has 23 heavy (non-hydrogen) atoms. The molecule has 2 atom stereocenters. The fourth-order valence-electron chi connectivity index (χ4n) is 3.49. The Morgan fingerprint density at radius 2 is 2.13 bits per heavy atom. The van der Waals surface area contributed by atoms with E-state index in [2.05, 4.69) is 4.98 Å². The number of carbonyl (C=O) groups excluding carboxylic acids is 1. The van der Waals surface area contributed by atoms with Crippen molar-refractivity contribution in [2.45, 2.75) is 38.4 Å². The normalized spacial score (nSPS) is 22.0. The standard InChI is InChI=1S/C18H15ClFNO2/c1-9(22)16-8-13(12-4-2-10(19)6-15(12)20)14-7-11-3-5-17(23-11)18(14)21-16/h2,4,6,8,11,17H,3,5,7H2,1H3/t11-,17+/m0/s1. The predicted molar refractivity (Wildman–Crippen MR) is 85.2 cm³/mol. The summed E-state index contributed by atoms with van der Waals surface area (Å²) < 4.78 is 20.3. The first-order valence-electron chi connectivity index (χ1n) is 7.68. The maximum atomic E-state index is 14.4. The number of fused-ring (bicyclic) bond motifs is 4. The van der Waals surface area contributed by atoms with Gasteiger partial charge in [-0.3, -0.25) is 4.79 Å². The van der Waals surface area contributed by atoms with Crippen LogP contribution in [-0.2, 0) is 11.2 Å². The number of halogens is 2. The van der Waals surface area contributed by atoms with Crippen LogP contribution in [0.15, 0.2) is 24.3 Å². The van der Waals surface area contributed by atoms with Crippen molar-refractivity contribution in [3.63, 3.8) is 0 Å². The summed E-state index contributed by atoms with van der Waals surface area (Å²) in [5, 5.41) is 0.351. The first-order valence-corrected chi connectivity index (χ1v) is 8.06. The van der Waals surface area contributed by atoms with Crippen molar-refractivity contribution in [2.24, 2.45) is 0 Å². The topological polar surface area (TPSA) is 39.2 Å². The van der Waals surface area contributed by atoms with Crippen LogP contribution < -0.4 is 0 Å². The second kappa shape index (κ2) is 5.39. The molecule has 1 aromatic carbocycles. The van der Waals surface area contributed by atoms with Gasteiger partial charge in [-0.05, 0) is 48.2 Å². The molecule has 4 rings (SSSR count). The van der Waals surface area contributed by atoms with Gasteiger partial charge >= 0.3 is 0 Å². The Morgan fingerprint density at radius 1 is 1.30 bits per heavy atom. The van der Waals surface area contributed by atoms with Crippen LogP contribution in [0.4, 0.5) is 4.39 Å². The molecule has 0 unspecified atom stereocenters. The fourth-order valence-corrected chi connectivity index (χ4v) is 3.64. The van der Waals surface area contributed by atoms with E-state index >= 15 is 0 Å². The molecule has 0 amide bonds. The van der Waals surface area contributed by atoms with Crippen LogP contribution in [0.5, 0.6) is 0 Å². The third-order valence-electron chi connectivity index (χ3n) is 4.58. The van der Waals surface area contributed by atoms with Gasteiger partial charge in [0.25, 0.3) is 0 Å². The highest BCUT2D eigenvalue weighted by Gasteiger charge is 2.37. The highest BCUT2D eigenvalue weighted by molar-refractivity contribution is 6.30. The third kappa shape index (κ3) is 2.46. The minimum absolute atomic E-state index is 0.0860. The molecule has 3 heterocycles. The van der Waals surface area contributed by atoms with Gasteiger partial charge in [0, 0.05) is 23.9 Å². The van der Waals surface area contributed by atoms with Gasteiger partial charge in [-0.1, -0.05) is 11.6 Å². The number of ketones is 1. The van der Waals surface area contributed by atoms with Crippen molar-refractivity contribution in [2.75, 3.05) is 0 Å². The number of hydrogen-bond donors (Lipinski definition) is 0. The second-order valence-electron chi connectivity index (χ2n) is 6.13. The molecule has 2 aliphatic heterocycles. The Hall–Kier alpha value is -1.78. The molecule has 2 aromatic rings. The van der Waals surface area contributed by atoms with Crippen molar-refractivity contribution in [1.29, 1.82) is 0 Å². The summed E-state index contributed by atoms with van der Waals surface area (Å²) in [5.41, 5.74) is 3.32. The lowest BCUT2D eigenvalue weighted by Gasteiger charge is -2.26.